The maximum atomic E-state index is 10.8. The van der Waals surface area contributed by atoms with Crippen molar-refractivity contribution in [3.63, 3.8) is 0 Å². The molecule has 1 rings (SSSR count). The second kappa shape index (κ2) is 7.34. The van der Waals surface area contributed by atoms with Crippen LogP contribution in [0.5, 0.6) is 5.75 Å². The van der Waals surface area contributed by atoms with E-state index in [0.29, 0.717) is 0 Å². The smallest absolute Gasteiger partial charge is 0.384 e. The average molecular weight is 232 g/mol. The van der Waals surface area contributed by atoms with E-state index in [-0.39, 0.29) is 0 Å². The first-order valence-corrected chi connectivity index (χ1v) is 5.59. The van der Waals surface area contributed by atoms with Gasteiger partial charge in [0, 0.05) is 11.5 Å². The average Bonchev–Trinajstić information content (AvgIpc) is 2.37. The summed E-state index contributed by atoms with van der Waals surface area (Å²) in [6.07, 6.45) is 2.16. The van der Waals surface area contributed by atoms with Gasteiger partial charge >= 0.3 is 5.97 Å². The Labute approximate surface area is 102 Å². The second-order valence-corrected chi connectivity index (χ2v) is 3.47. The summed E-state index contributed by atoms with van der Waals surface area (Å²) in [6.45, 7) is 2.85. The molecule has 0 spiro atoms. The van der Waals surface area contributed by atoms with Gasteiger partial charge in [0.2, 0.25) is 0 Å². The molecular formula is C14H16O3. The number of hydrogen-bond acceptors (Lipinski definition) is 3. The third-order valence-electron chi connectivity index (χ3n) is 2.12. The van der Waals surface area contributed by atoms with E-state index >= 15 is 0 Å². The monoisotopic (exact) mass is 232 g/mol. The summed E-state index contributed by atoms with van der Waals surface area (Å²) in [6, 6.07) is 7.32. The fraction of sp³-hybridized carbons (Fsp3) is 0.357. The highest BCUT2D eigenvalue weighted by Crippen LogP contribution is 2.11. The van der Waals surface area contributed by atoms with Crippen LogP contribution in [-0.2, 0) is 9.53 Å². The first-order valence-electron chi connectivity index (χ1n) is 5.59. The van der Waals surface area contributed by atoms with Gasteiger partial charge in [0.15, 0.2) is 0 Å². The molecule has 0 heterocycles. The number of ether oxygens (including phenoxy) is 2. The first-order chi connectivity index (χ1) is 8.26. The Morgan fingerprint density at radius 3 is 2.59 bits per heavy atom. The van der Waals surface area contributed by atoms with E-state index < -0.39 is 5.97 Å². The van der Waals surface area contributed by atoms with Crippen molar-refractivity contribution in [2.24, 2.45) is 0 Å². The number of esters is 1. The number of unbranched alkanes of at least 4 members (excludes halogenated alkanes) is 1. The molecule has 0 aliphatic heterocycles. The van der Waals surface area contributed by atoms with Gasteiger partial charge in [-0.25, -0.2) is 4.79 Å². The summed E-state index contributed by atoms with van der Waals surface area (Å²) in [7, 11) is 1.31. The number of carbonyl (C=O) groups is 1. The highest BCUT2D eigenvalue weighted by atomic mass is 16.5. The van der Waals surface area contributed by atoms with E-state index in [2.05, 4.69) is 23.5 Å². The maximum absolute atomic E-state index is 10.8. The third-order valence-corrected chi connectivity index (χ3v) is 2.12. The highest BCUT2D eigenvalue weighted by Gasteiger charge is 1.94. The molecule has 0 aliphatic carbocycles. The number of benzene rings is 1. The molecule has 3 nitrogen and oxygen atoms in total. The van der Waals surface area contributed by atoms with E-state index in [0.717, 1.165) is 30.8 Å². The Kier molecular flexibility index (Phi) is 5.67. The molecule has 17 heavy (non-hydrogen) atoms. The van der Waals surface area contributed by atoms with Crippen LogP contribution in [0.2, 0.25) is 0 Å². The Bertz CT molecular complexity index is 409. The minimum Gasteiger partial charge on any atom is -0.494 e. The molecule has 90 valence electrons. The van der Waals surface area contributed by atoms with Gasteiger partial charge in [-0.15, -0.1) is 0 Å². The van der Waals surface area contributed by atoms with E-state index in [1.807, 2.05) is 24.3 Å². The number of methoxy groups -OCH3 is 1. The van der Waals surface area contributed by atoms with Gasteiger partial charge in [-0.05, 0) is 30.7 Å². The lowest BCUT2D eigenvalue weighted by atomic mass is 10.2. The van der Waals surface area contributed by atoms with Gasteiger partial charge < -0.3 is 9.47 Å². The molecule has 0 atom stereocenters. The summed E-state index contributed by atoms with van der Waals surface area (Å²) in [4.78, 5) is 10.8. The quantitative estimate of drug-likeness (QED) is 0.454. The zero-order valence-electron chi connectivity index (χ0n) is 10.2. The molecule has 0 aliphatic rings. The van der Waals surface area contributed by atoms with Gasteiger partial charge in [0.25, 0.3) is 0 Å². The fourth-order valence-electron chi connectivity index (χ4n) is 1.14. The normalized spacial score (nSPS) is 9.06. The highest BCUT2D eigenvalue weighted by molar-refractivity contribution is 5.88. The standard InChI is InChI=1S/C14H16O3/c1-3-4-11-17-13-8-5-12(6-9-13)7-10-14(15)16-2/h5-6,8-9H,3-4,11H2,1-2H3. The number of carbonyl (C=O) groups excluding carboxylic acids is 1. The fourth-order valence-corrected chi connectivity index (χ4v) is 1.14. The Hall–Kier alpha value is -1.95. The lowest BCUT2D eigenvalue weighted by molar-refractivity contribution is -0.133. The zero-order chi connectivity index (χ0) is 12.5. The molecular weight excluding hydrogens is 216 g/mol. The minimum atomic E-state index is -0.534. The van der Waals surface area contributed by atoms with Crippen molar-refractivity contribution in [3.05, 3.63) is 29.8 Å². The topological polar surface area (TPSA) is 35.5 Å². The Balaban J connectivity index is 2.54. The molecule has 0 N–H and O–H groups in total. The van der Waals surface area contributed by atoms with Gasteiger partial charge in [0.1, 0.15) is 5.75 Å². The predicted molar refractivity (Wildman–Crippen MR) is 65.7 cm³/mol. The number of rotatable bonds is 4. The molecule has 0 aromatic heterocycles. The van der Waals surface area contributed by atoms with Crippen molar-refractivity contribution in [2.45, 2.75) is 19.8 Å². The summed E-state index contributed by atoms with van der Waals surface area (Å²) >= 11 is 0. The molecule has 0 amide bonds. The lowest BCUT2D eigenvalue weighted by Gasteiger charge is -2.04. The van der Waals surface area contributed by atoms with E-state index in [1.54, 1.807) is 0 Å². The molecule has 0 bridgehead atoms. The van der Waals surface area contributed by atoms with Crippen molar-refractivity contribution in [3.8, 4) is 17.6 Å². The van der Waals surface area contributed by atoms with E-state index in [1.165, 1.54) is 7.11 Å². The van der Waals surface area contributed by atoms with E-state index in [4.69, 9.17) is 4.74 Å². The number of hydrogen-bond donors (Lipinski definition) is 0. The molecule has 0 saturated carbocycles. The minimum absolute atomic E-state index is 0.534. The van der Waals surface area contributed by atoms with Gasteiger partial charge in [-0.2, -0.15) is 0 Å². The van der Waals surface area contributed by atoms with Crippen LogP contribution in [0.1, 0.15) is 25.3 Å². The van der Waals surface area contributed by atoms with Crippen molar-refractivity contribution < 1.29 is 14.3 Å². The summed E-state index contributed by atoms with van der Waals surface area (Å²) in [5, 5.41) is 0. The van der Waals surface area contributed by atoms with Gasteiger partial charge in [0.05, 0.1) is 13.7 Å². The van der Waals surface area contributed by atoms with Crippen LogP contribution in [0.15, 0.2) is 24.3 Å². The van der Waals surface area contributed by atoms with Crippen LogP contribution in [0, 0.1) is 11.8 Å². The summed E-state index contributed by atoms with van der Waals surface area (Å²) in [5.41, 5.74) is 0.762. The van der Waals surface area contributed by atoms with Crippen molar-refractivity contribution >= 4 is 5.97 Å². The Morgan fingerprint density at radius 1 is 1.29 bits per heavy atom. The van der Waals surface area contributed by atoms with Crippen LogP contribution in [0.4, 0.5) is 0 Å². The predicted octanol–water partition coefficient (Wildman–Crippen LogP) is 2.39. The van der Waals surface area contributed by atoms with E-state index in [9.17, 15) is 4.79 Å². The molecule has 0 saturated heterocycles. The van der Waals surface area contributed by atoms with Gasteiger partial charge in [-0.3, -0.25) is 0 Å². The SMILES string of the molecule is CCCCOc1ccc(C#CC(=O)OC)cc1. The van der Waals surface area contributed by atoms with Crippen LogP contribution < -0.4 is 4.74 Å². The van der Waals surface area contributed by atoms with Crippen LogP contribution in [0.3, 0.4) is 0 Å². The zero-order valence-corrected chi connectivity index (χ0v) is 10.2. The van der Waals surface area contributed by atoms with Crippen molar-refractivity contribution in [1.29, 1.82) is 0 Å². The summed E-state index contributed by atoms with van der Waals surface area (Å²) < 4.78 is 9.93. The molecule has 1 aromatic carbocycles. The van der Waals surface area contributed by atoms with Gasteiger partial charge in [-0.1, -0.05) is 19.3 Å². The first kappa shape index (κ1) is 13.1. The molecule has 0 fully saturated rings. The van der Waals surface area contributed by atoms with Crippen LogP contribution in [-0.4, -0.2) is 19.7 Å². The molecule has 0 radical (unpaired) electrons. The third kappa shape index (κ3) is 5.07. The van der Waals surface area contributed by atoms with Crippen molar-refractivity contribution in [2.75, 3.05) is 13.7 Å². The summed E-state index contributed by atoms with van der Waals surface area (Å²) in [5.74, 6) is 5.37. The molecule has 1 aromatic rings. The molecule has 3 heteroatoms. The second-order valence-electron chi connectivity index (χ2n) is 3.47. The van der Waals surface area contributed by atoms with Crippen LogP contribution >= 0.6 is 0 Å². The lowest BCUT2D eigenvalue weighted by Crippen LogP contribution is -1.96. The largest absolute Gasteiger partial charge is 0.494 e. The van der Waals surface area contributed by atoms with Crippen LogP contribution in [0.25, 0.3) is 0 Å². The van der Waals surface area contributed by atoms with Crippen molar-refractivity contribution in [1.82, 2.24) is 0 Å². The molecule has 0 unspecified atom stereocenters. The maximum Gasteiger partial charge on any atom is 0.384 e. The Morgan fingerprint density at radius 2 is 2.00 bits per heavy atom.